The molecule has 1 aromatic carbocycles. The summed E-state index contributed by atoms with van der Waals surface area (Å²) in [6.45, 7) is 3.96. The van der Waals surface area contributed by atoms with Gasteiger partial charge in [0.2, 0.25) is 11.8 Å². The Morgan fingerprint density at radius 3 is 2.43 bits per heavy atom. The Hall–Kier alpha value is -2.10. The lowest BCUT2D eigenvalue weighted by Crippen LogP contribution is -2.43. The van der Waals surface area contributed by atoms with E-state index in [9.17, 15) is 9.59 Å². The number of hydrogen-bond acceptors (Lipinski definition) is 4. The minimum absolute atomic E-state index is 0. The summed E-state index contributed by atoms with van der Waals surface area (Å²) >= 11 is 0. The maximum Gasteiger partial charge on any atom is 0.233 e. The summed E-state index contributed by atoms with van der Waals surface area (Å²) in [5, 5.41) is 6.46. The molecule has 2 fully saturated rings. The van der Waals surface area contributed by atoms with E-state index in [1.165, 1.54) is 4.90 Å². The summed E-state index contributed by atoms with van der Waals surface area (Å²) in [4.78, 5) is 31.1. The average Bonchev–Trinajstić information content (AvgIpc) is 3.41. The molecule has 0 aromatic heterocycles. The highest BCUT2D eigenvalue weighted by atomic mass is 127. The molecular weight excluding hydrogens is 495 g/mol. The van der Waals surface area contributed by atoms with E-state index in [1.54, 1.807) is 7.05 Å². The minimum atomic E-state index is -0.134. The SMILES string of the molecule is CCOc1ccccc1CNC(=NC)NCCN1C(=O)C2C3C=CC(C3)C2C1=O.I. The van der Waals surface area contributed by atoms with Gasteiger partial charge in [-0.3, -0.25) is 19.5 Å². The lowest BCUT2D eigenvalue weighted by Gasteiger charge is -2.19. The number of hydrogen-bond donors (Lipinski definition) is 2. The van der Waals surface area contributed by atoms with Crippen LogP contribution >= 0.6 is 24.0 Å². The number of nitrogens with zero attached hydrogens (tertiary/aromatic N) is 2. The zero-order valence-electron chi connectivity index (χ0n) is 17.3. The number of likely N-dealkylation sites (tertiary alicyclic amines) is 1. The third-order valence-corrected chi connectivity index (χ3v) is 6.13. The van der Waals surface area contributed by atoms with Crippen molar-refractivity contribution in [3.05, 3.63) is 42.0 Å². The van der Waals surface area contributed by atoms with Crippen LogP contribution in [-0.2, 0) is 16.1 Å². The van der Waals surface area contributed by atoms with Crippen molar-refractivity contribution in [2.24, 2.45) is 28.7 Å². The Bertz CT molecular complexity index is 827. The van der Waals surface area contributed by atoms with Crippen molar-refractivity contribution < 1.29 is 14.3 Å². The normalized spacial score (nSPS) is 26.6. The zero-order valence-corrected chi connectivity index (χ0v) is 19.7. The molecule has 30 heavy (non-hydrogen) atoms. The second kappa shape index (κ2) is 9.80. The topological polar surface area (TPSA) is 83.0 Å². The van der Waals surface area contributed by atoms with E-state index in [1.807, 2.05) is 31.2 Å². The number of amides is 2. The molecule has 2 bridgehead atoms. The molecule has 1 saturated heterocycles. The first-order valence-corrected chi connectivity index (χ1v) is 10.3. The Morgan fingerprint density at radius 2 is 1.80 bits per heavy atom. The van der Waals surface area contributed by atoms with Crippen LogP contribution in [0.3, 0.4) is 0 Å². The van der Waals surface area contributed by atoms with Gasteiger partial charge in [0.15, 0.2) is 5.96 Å². The van der Waals surface area contributed by atoms with Crippen LogP contribution in [0.15, 0.2) is 41.4 Å². The van der Waals surface area contributed by atoms with Gasteiger partial charge < -0.3 is 15.4 Å². The summed E-state index contributed by atoms with van der Waals surface area (Å²) in [6.07, 6.45) is 5.19. The summed E-state index contributed by atoms with van der Waals surface area (Å²) in [5.74, 6) is 1.69. The zero-order chi connectivity index (χ0) is 20.4. The van der Waals surface area contributed by atoms with E-state index in [4.69, 9.17) is 4.74 Å². The third-order valence-electron chi connectivity index (χ3n) is 6.13. The van der Waals surface area contributed by atoms with Crippen LogP contribution in [0.4, 0.5) is 0 Å². The van der Waals surface area contributed by atoms with E-state index < -0.39 is 0 Å². The lowest BCUT2D eigenvalue weighted by atomic mass is 9.85. The predicted octanol–water partition coefficient (Wildman–Crippen LogP) is 2.18. The summed E-state index contributed by atoms with van der Waals surface area (Å²) in [5.41, 5.74) is 1.04. The summed E-state index contributed by atoms with van der Waals surface area (Å²) in [6, 6.07) is 7.87. The van der Waals surface area contributed by atoms with Crippen molar-refractivity contribution in [2.75, 3.05) is 26.7 Å². The van der Waals surface area contributed by atoms with Crippen LogP contribution in [0.2, 0.25) is 0 Å². The number of rotatable bonds is 7. The van der Waals surface area contributed by atoms with E-state index in [0.717, 1.165) is 17.7 Å². The maximum absolute atomic E-state index is 12.7. The van der Waals surface area contributed by atoms with Crippen LogP contribution in [-0.4, -0.2) is 49.4 Å². The van der Waals surface area contributed by atoms with Crippen LogP contribution in [0.1, 0.15) is 18.9 Å². The molecule has 3 aliphatic rings. The summed E-state index contributed by atoms with van der Waals surface area (Å²) in [7, 11) is 1.70. The third kappa shape index (κ3) is 4.19. The average molecular weight is 524 g/mol. The molecule has 162 valence electrons. The number of aliphatic imine (C=N–C) groups is 1. The first-order chi connectivity index (χ1) is 14.1. The molecule has 8 heteroatoms. The molecule has 7 nitrogen and oxygen atoms in total. The fourth-order valence-electron chi connectivity index (χ4n) is 4.82. The van der Waals surface area contributed by atoms with Gasteiger partial charge in [0.25, 0.3) is 0 Å². The molecule has 1 saturated carbocycles. The summed E-state index contributed by atoms with van der Waals surface area (Å²) < 4.78 is 5.65. The van der Waals surface area contributed by atoms with Gasteiger partial charge >= 0.3 is 0 Å². The monoisotopic (exact) mass is 524 g/mol. The smallest absolute Gasteiger partial charge is 0.233 e. The number of benzene rings is 1. The maximum atomic E-state index is 12.7. The number of ether oxygens (including phenoxy) is 1. The lowest BCUT2D eigenvalue weighted by molar-refractivity contribution is -0.140. The van der Waals surface area contributed by atoms with Crippen LogP contribution in [0.25, 0.3) is 0 Å². The number of para-hydroxylation sites is 1. The van der Waals surface area contributed by atoms with Crippen molar-refractivity contribution in [1.29, 1.82) is 0 Å². The second-order valence-electron chi connectivity index (χ2n) is 7.72. The van der Waals surface area contributed by atoms with Crippen molar-refractivity contribution in [3.63, 3.8) is 0 Å². The molecule has 0 radical (unpaired) electrons. The molecule has 1 heterocycles. The Morgan fingerprint density at radius 1 is 1.13 bits per heavy atom. The molecule has 1 aromatic rings. The predicted molar refractivity (Wildman–Crippen MR) is 126 cm³/mol. The highest BCUT2D eigenvalue weighted by Gasteiger charge is 2.58. The molecule has 2 amide bonds. The molecule has 2 aliphatic carbocycles. The minimum Gasteiger partial charge on any atom is -0.494 e. The van der Waals surface area contributed by atoms with Gasteiger partial charge in [-0.1, -0.05) is 30.4 Å². The van der Waals surface area contributed by atoms with E-state index in [0.29, 0.717) is 32.2 Å². The van der Waals surface area contributed by atoms with Crippen molar-refractivity contribution in [2.45, 2.75) is 19.9 Å². The van der Waals surface area contributed by atoms with Crippen molar-refractivity contribution in [3.8, 4) is 5.75 Å². The second-order valence-corrected chi connectivity index (χ2v) is 7.72. The van der Waals surface area contributed by atoms with Gasteiger partial charge in [0.1, 0.15) is 5.75 Å². The van der Waals surface area contributed by atoms with Crippen LogP contribution in [0, 0.1) is 23.7 Å². The van der Waals surface area contributed by atoms with Crippen molar-refractivity contribution in [1.82, 2.24) is 15.5 Å². The molecule has 0 spiro atoms. The number of allylic oxidation sites excluding steroid dienone is 2. The molecule has 4 rings (SSSR count). The molecule has 2 N–H and O–H groups in total. The quantitative estimate of drug-likeness (QED) is 0.188. The molecular formula is C22H29IN4O3. The first kappa shape index (κ1) is 22.6. The number of fused-ring (bicyclic) bond motifs is 5. The Balaban J connectivity index is 0.00000256. The van der Waals surface area contributed by atoms with Gasteiger partial charge in [0.05, 0.1) is 18.4 Å². The van der Waals surface area contributed by atoms with Gasteiger partial charge in [-0.15, -0.1) is 24.0 Å². The number of nitrogens with one attached hydrogen (secondary N) is 2. The highest BCUT2D eigenvalue weighted by molar-refractivity contribution is 14.0. The largest absolute Gasteiger partial charge is 0.494 e. The number of carbonyl (C=O) groups excluding carboxylic acids is 2. The first-order valence-electron chi connectivity index (χ1n) is 10.3. The number of halogens is 1. The number of carbonyl (C=O) groups is 2. The van der Waals surface area contributed by atoms with E-state index in [2.05, 4.69) is 27.8 Å². The molecule has 4 atom stereocenters. The van der Waals surface area contributed by atoms with Crippen LogP contribution < -0.4 is 15.4 Å². The Kier molecular flexibility index (Phi) is 7.38. The van der Waals surface area contributed by atoms with Crippen LogP contribution in [0.5, 0.6) is 5.75 Å². The fourth-order valence-corrected chi connectivity index (χ4v) is 4.82. The number of guanidine groups is 1. The van der Waals surface area contributed by atoms with Crippen molar-refractivity contribution >= 4 is 41.8 Å². The molecule has 1 aliphatic heterocycles. The van der Waals surface area contributed by atoms with Gasteiger partial charge in [0, 0.05) is 32.2 Å². The number of imide groups is 1. The van der Waals surface area contributed by atoms with Gasteiger partial charge in [-0.2, -0.15) is 0 Å². The Labute approximate surface area is 194 Å². The van der Waals surface area contributed by atoms with Gasteiger partial charge in [-0.05, 0) is 31.2 Å². The van der Waals surface area contributed by atoms with E-state index in [-0.39, 0.29) is 59.5 Å². The standard InChI is InChI=1S/C22H28N4O3.HI/c1-3-29-17-7-5-4-6-16(17)13-25-22(23-2)24-10-11-26-20(27)18-14-8-9-15(12-14)19(18)21(26)28;/h4-9,14-15,18-19H,3,10-13H2,1-2H3,(H2,23,24,25);1H. The van der Waals surface area contributed by atoms with Gasteiger partial charge in [-0.25, -0.2) is 0 Å². The molecule has 4 unspecified atom stereocenters. The van der Waals surface area contributed by atoms with E-state index >= 15 is 0 Å². The fraction of sp³-hybridized carbons (Fsp3) is 0.500. The highest BCUT2D eigenvalue weighted by Crippen LogP contribution is 2.52.